The van der Waals surface area contributed by atoms with Gasteiger partial charge >= 0.3 is 0 Å². The number of benzene rings is 3. The molecule has 26 heavy (non-hydrogen) atoms. The minimum absolute atomic E-state index is 0.123. The van der Waals surface area contributed by atoms with E-state index in [1.54, 1.807) is 24.3 Å². The summed E-state index contributed by atoms with van der Waals surface area (Å²) in [6.45, 7) is 1.96. The van der Waals surface area contributed by atoms with Crippen LogP contribution in [0, 0.1) is 6.92 Å². The van der Waals surface area contributed by atoms with Gasteiger partial charge in [0, 0.05) is 20.1 Å². The first kappa shape index (κ1) is 18.6. The number of anilines is 1. The van der Waals surface area contributed by atoms with Gasteiger partial charge in [0.2, 0.25) is 6.41 Å². The molecule has 8 heteroatoms. The highest BCUT2D eigenvalue weighted by atomic mass is 32.1. The molecule has 0 fully saturated rings. The van der Waals surface area contributed by atoms with E-state index < -0.39 is 0 Å². The van der Waals surface area contributed by atoms with Crippen LogP contribution < -0.4 is 5.32 Å². The quantitative estimate of drug-likeness (QED) is 0.221. The average molecular weight is 402 g/mol. The number of carbonyl (C=O) groups is 1. The number of phenols is 1. The Morgan fingerprint density at radius 1 is 1.04 bits per heavy atom. The molecule has 3 aromatic carbocycles. The van der Waals surface area contributed by atoms with Crippen LogP contribution in [0.3, 0.4) is 0 Å². The number of aromatic hydroxyl groups is 1. The number of nitrogens with zero attached hydrogens (tertiary/aromatic N) is 2. The van der Waals surface area contributed by atoms with Crippen LogP contribution in [-0.2, 0) is 4.79 Å². The number of hydrogen-bond donors (Lipinski definition) is 5. The first-order valence-corrected chi connectivity index (χ1v) is 8.88. The molecular formula is C18H15N3O2S3. The normalized spacial score (nSPS) is 11.2. The Labute approximate surface area is 166 Å². The average Bonchev–Trinajstić information content (AvgIpc) is 2.55. The van der Waals surface area contributed by atoms with Crippen LogP contribution in [0.5, 0.6) is 5.75 Å². The molecule has 0 saturated heterocycles. The van der Waals surface area contributed by atoms with Crippen molar-refractivity contribution in [1.29, 1.82) is 0 Å². The highest BCUT2D eigenvalue weighted by Gasteiger charge is 2.15. The predicted molar refractivity (Wildman–Crippen MR) is 112 cm³/mol. The lowest BCUT2D eigenvalue weighted by atomic mass is 10.1. The number of carbonyl (C=O) groups excluding carboxylic acids is 1. The Bertz CT molecular complexity index is 1050. The van der Waals surface area contributed by atoms with Crippen LogP contribution in [0.25, 0.3) is 10.8 Å². The number of rotatable bonds is 4. The molecule has 3 aromatic rings. The van der Waals surface area contributed by atoms with Gasteiger partial charge in [-0.05, 0) is 48.2 Å². The molecule has 5 nitrogen and oxygen atoms in total. The molecule has 0 bridgehead atoms. The summed E-state index contributed by atoms with van der Waals surface area (Å²) in [6, 6.07) is 10.7. The molecule has 0 radical (unpaired) electrons. The van der Waals surface area contributed by atoms with Crippen molar-refractivity contribution in [3.63, 3.8) is 0 Å². The van der Waals surface area contributed by atoms with Gasteiger partial charge in [-0.1, -0.05) is 6.07 Å². The zero-order valence-electron chi connectivity index (χ0n) is 13.6. The van der Waals surface area contributed by atoms with E-state index in [0.29, 0.717) is 43.2 Å². The highest BCUT2D eigenvalue weighted by Crippen LogP contribution is 2.44. The maximum absolute atomic E-state index is 10.9. The van der Waals surface area contributed by atoms with E-state index in [1.807, 2.05) is 19.1 Å². The number of thiol groups is 3. The summed E-state index contributed by atoms with van der Waals surface area (Å²) in [6.07, 6.45) is 0.538. The molecule has 1 amide bonds. The number of aryl methyl sites for hydroxylation is 1. The molecule has 0 aliphatic carbocycles. The molecule has 2 N–H and O–H groups in total. The van der Waals surface area contributed by atoms with Crippen molar-refractivity contribution < 1.29 is 9.90 Å². The van der Waals surface area contributed by atoms with Crippen LogP contribution in [0.2, 0.25) is 0 Å². The SMILES string of the molecule is Cc1ccc(N=Nc2c(S)cc3cc(S)cc(NC=O)c3c2O)c(S)c1. The minimum atomic E-state index is -0.123. The summed E-state index contributed by atoms with van der Waals surface area (Å²) in [5, 5.41) is 22.7. The van der Waals surface area contributed by atoms with Crippen LogP contribution >= 0.6 is 37.9 Å². The van der Waals surface area contributed by atoms with E-state index >= 15 is 0 Å². The summed E-state index contributed by atoms with van der Waals surface area (Å²) in [5.41, 5.74) is 2.26. The maximum atomic E-state index is 10.9. The summed E-state index contributed by atoms with van der Waals surface area (Å²) < 4.78 is 0. The third kappa shape index (κ3) is 3.67. The van der Waals surface area contributed by atoms with Crippen molar-refractivity contribution in [2.24, 2.45) is 10.2 Å². The molecule has 0 aliphatic heterocycles. The van der Waals surface area contributed by atoms with Gasteiger partial charge in [0.25, 0.3) is 0 Å². The number of hydrogen-bond acceptors (Lipinski definition) is 7. The minimum Gasteiger partial charge on any atom is -0.505 e. The summed E-state index contributed by atoms with van der Waals surface area (Å²) in [7, 11) is 0. The molecule has 0 aliphatic rings. The van der Waals surface area contributed by atoms with Gasteiger partial charge in [-0.3, -0.25) is 4.79 Å². The Morgan fingerprint density at radius 3 is 2.50 bits per heavy atom. The van der Waals surface area contributed by atoms with Gasteiger partial charge in [-0.15, -0.1) is 48.1 Å². The smallest absolute Gasteiger partial charge is 0.211 e. The Hall–Kier alpha value is -2.16. The van der Waals surface area contributed by atoms with Gasteiger partial charge in [0.15, 0.2) is 5.75 Å². The van der Waals surface area contributed by atoms with Crippen LogP contribution in [0.1, 0.15) is 5.56 Å². The maximum Gasteiger partial charge on any atom is 0.211 e. The second kappa shape index (κ2) is 7.61. The molecule has 0 spiro atoms. The van der Waals surface area contributed by atoms with E-state index in [0.717, 1.165) is 5.56 Å². The third-order valence-corrected chi connectivity index (χ3v) is 4.71. The largest absolute Gasteiger partial charge is 0.505 e. The molecule has 3 rings (SSSR count). The van der Waals surface area contributed by atoms with Gasteiger partial charge < -0.3 is 10.4 Å². The molecule has 0 aromatic heterocycles. The van der Waals surface area contributed by atoms with Gasteiger partial charge in [0.1, 0.15) is 5.69 Å². The number of nitrogens with one attached hydrogen (secondary N) is 1. The lowest BCUT2D eigenvalue weighted by molar-refractivity contribution is -0.105. The fraction of sp³-hybridized carbons (Fsp3) is 0.0556. The summed E-state index contributed by atoms with van der Waals surface area (Å²) in [5.74, 6) is -0.123. The van der Waals surface area contributed by atoms with Crippen LogP contribution in [-0.4, -0.2) is 11.5 Å². The standard InChI is InChI=1S/C18H15N3O2S3/c1-9-2-3-12(14(25)4-9)20-21-17-15(26)6-10-5-11(24)7-13(19-8-22)16(10)18(17)23/h2-8,23-26H,1H3,(H,19,22). The van der Waals surface area contributed by atoms with Crippen LogP contribution in [0.15, 0.2) is 61.3 Å². The molecule has 132 valence electrons. The van der Waals surface area contributed by atoms with Crippen molar-refractivity contribution in [3.05, 3.63) is 42.0 Å². The van der Waals surface area contributed by atoms with Gasteiger partial charge in [-0.2, -0.15) is 0 Å². The van der Waals surface area contributed by atoms with E-state index in [1.165, 1.54) is 0 Å². The predicted octanol–water partition coefficient (Wildman–Crippen LogP) is 5.70. The number of fused-ring (bicyclic) bond motifs is 1. The fourth-order valence-electron chi connectivity index (χ4n) is 2.58. The first-order valence-electron chi connectivity index (χ1n) is 7.54. The van der Waals surface area contributed by atoms with Crippen molar-refractivity contribution in [3.8, 4) is 5.75 Å². The number of phenolic OH excluding ortho intramolecular Hbond substituents is 1. The van der Waals surface area contributed by atoms with Crippen molar-refractivity contribution in [2.45, 2.75) is 21.6 Å². The number of amides is 1. The molecule has 0 atom stereocenters. The third-order valence-electron chi connectivity index (χ3n) is 3.75. The van der Waals surface area contributed by atoms with E-state index in [2.05, 4.69) is 53.4 Å². The number of azo groups is 1. The lowest BCUT2D eigenvalue weighted by Crippen LogP contribution is -1.95. The zero-order valence-corrected chi connectivity index (χ0v) is 16.3. The lowest BCUT2D eigenvalue weighted by Gasteiger charge is -2.12. The molecule has 0 unspecified atom stereocenters. The van der Waals surface area contributed by atoms with Crippen molar-refractivity contribution in [1.82, 2.24) is 0 Å². The Morgan fingerprint density at radius 2 is 1.81 bits per heavy atom. The topological polar surface area (TPSA) is 74.0 Å². The highest BCUT2D eigenvalue weighted by molar-refractivity contribution is 7.80. The fourth-order valence-corrected chi connectivity index (χ4v) is 3.46. The Balaban J connectivity index is 2.17. The Kier molecular flexibility index (Phi) is 5.45. The van der Waals surface area contributed by atoms with Crippen molar-refractivity contribution in [2.75, 3.05) is 5.32 Å². The summed E-state index contributed by atoms with van der Waals surface area (Å²) in [4.78, 5) is 12.7. The van der Waals surface area contributed by atoms with E-state index in [-0.39, 0.29) is 11.4 Å². The van der Waals surface area contributed by atoms with E-state index in [9.17, 15) is 9.90 Å². The van der Waals surface area contributed by atoms with Gasteiger partial charge in [0.05, 0.1) is 11.4 Å². The van der Waals surface area contributed by atoms with Crippen LogP contribution in [0.4, 0.5) is 17.1 Å². The van der Waals surface area contributed by atoms with Crippen molar-refractivity contribution >= 4 is 72.1 Å². The zero-order chi connectivity index (χ0) is 18.8. The van der Waals surface area contributed by atoms with Gasteiger partial charge in [-0.25, -0.2) is 0 Å². The monoisotopic (exact) mass is 401 g/mol. The molecular weight excluding hydrogens is 386 g/mol. The van der Waals surface area contributed by atoms with E-state index in [4.69, 9.17) is 0 Å². The first-order chi connectivity index (χ1) is 12.4. The second-order valence-electron chi connectivity index (χ2n) is 5.64. The second-order valence-corrected chi connectivity index (χ2v) is 7.12. The molecule has 0 heterocycles. The molecule has 0 saturated carbocycles. The summed E-state index contributed by atoms with van der Waals surface area (Å²) >= 11 is 13.1.